The van der Waals surface area contributed by atoms with Gasteiger partial charge in [-0.1, -0.05) is 26.0 Å². The average Bonchev–Trinajstić information content (AvgIpc) is 2.66. The lowest BCUT2D eigenvalue weighted by Gasteiger charge is -2.35. The van der Waals surface area contributed by atoms with E-state index in [-0.39, 0.29) is 13.1 Å². The van der Waals surface area contributed by atoms with E-state index in [0.29, 0.717) is 25.6 Å². The maximum atomic E-state index is 12.6. The predicted molar refractivity (Wildman–Crippen MR) is 108 cm³/mol. The van der Waals surface area contributed by atoms with Crippen LogP contribution in [0.2, 0.25) is 0 Å². The van der Waals surface area contributed by atoms with Gasteiger partial charge in [0, 0.05) is 45.0 Å². The molecule has 0 radical (unpaired) electrons. The van der Waals surface area contributed by atoms with E-state index in [1.165, 1.54) is 0 Å². The number of hydrogen-bond donors (Lipinski definition) is 1. The quantitative estimate of drug-likeness (QED) is 0.558. The number of piperazine rings is 1. The Morgan fingerprint density at radius 3 is 2.19 bits per heavy atom. The Labute approximate surface area is 183 Å². The van der Waals surface area contributed by atoms with Gasteiger partial charge in [0.1, 0.15) is 0 Å². The van der Waals surface area contributed by atoms with Crippen molar-refractivity contribution in [2.45, 2.75) is 52.2 Å². The predicted octanol–water partition coefficient (Wildman–Crippen LogP) is 5.20. The zero-order valence-corrected chi connectivity index (χ0v) is 18.3. The second kappa shape index (κ2) is 10.6. The molecule has 0 aromatic heterocycles. The fraction of sp³-hybridized carbons (Fsp3) is 0.667. The average molecular weight is 469 g/mol. The van der Waals surface area contributed by atoms with Gasteiger partial charge < -0.3 is 15.0 Å². The number of nitrogens with zero attached hydrogens (tertiary/aromatic N) is 2. The van der Waals surface area contributed by atoms with Crippen LogP contribution in [0.3, 0.4) is 0 Å². The highest BCUT2D eigenvalue weighted by molar-refractivity contribution is 5.68. The summed E-state index contributed by atoms with van der Waals surface area (Å²) >= 11 is 0. The summed E-state index contributed by atoms with van der Waals surface area (Å²) in [5, 5.41) is 3.43. The minimum atomic E-state index is -5.72. The van der Waals surface area contributed by atoms with Gasteiger partial charge in [-0.3, -0.25) is 4.90 Å². The van der Waals surface area contributed by atoms with Crippen LogP contribution in [0.4, 0.5) is 36.8 Å². The van der Waals surface area contributed by atoms with Crippen LogP contribution in [-0.2, 0) is 11.3 Å². The largest absolute Gasteiger partial charge is 0.434 e. The van der Waals surface area contributed by atoms with E-state index in [0.717, 1.165) is 34.7 Å². The Morgan fingerprint density at radius 1 is 1.06 bits per heavy atom. The third kappa shape index (κ3) is 7.75. The lowest BCUT2D eigenvalue weighted by molar-refractivity contribution is -0.308. The molecule has 1 aromatic rings. The fourth-order valence-corrected chi connectivity index (χ4v) is 3.31. The SMILES string of the molecule is Cc1ccc(CN2CCN(C(=O)OC(C(F)(F)F)C(F)(F)F)CC2)c(NCCC(C)C)c1. The summed E-state index contributed by atoms with van der Waals surface area (Å²) in [5.74, 6) is 0.554. The molecule has 1 saturated heterocycles. The molecule has 1 amide bonds. The van der Waals surface area contributed by atoms with Crippen molar-refractivity contribution in [1.82, 2.24) is 9.80 Å². The van der Waals surface area contributed by atoms with E-state index in [2.05, 4.69) is 23.9 Å². The number of benzene rings is 1. The Morgan fingerprint density at radius 2 is 1.66 bits per heavy atom. The van der Waals surface area contributed by atoms with Gasteiger partial charge in [0.25, 0.3) is 6.10 Å². The molecule has 182 valence electrons. The monoisotopic (exact) mass is 469 g/mol. The molecule has 1 aliphatic rings. The van der Waals surface area contributed by atoms with Crippen molar-refractivity contribution in [1.29, 1.82) is 0 Å². The third-order valence-corrected chi connectivity index (χ3v) is 5.14. The highest BCUT2D eigenvalue weighted by atomic mass is 19.4. The summed E-state index contributed by atoms with van der Waals surface area (Å²) in [6, 6.07) is 6.01. The summed E-state index contributed by atoms with van der Waals surface area (Å²) in [5.41, 5.74) is 3.12. The Bertz CT molecular complexity index is 745. The smallest absolute Gasteiger partial charge is 0.426 e. The molecule has 11 heteroatoms. The van der Waals surface area contributed by atoms with Crippen molar-refractivity contribution < 1.29 is 35.9 Å². The second-order valence-electron chi connectivity index (χ2n) is 8.38. The summed E-state index contributed by atoms with van der Waals surface area (Å²) < 4.78 is 79.5. The van der Waals surface area contributed by atoms with Crippen LogP contribution in [0, 0.1) is 12.8 Å². The number of hydrogen-bond acceptors (Lipinski definition) is 4. The minimum Gasteiger partial charge on any atom is -0.426 e. The minimum absolute atomic E-state index is 0.0246. The molecule has 0 saturated carbocycles. The summed E-state index contributed by atoms with van der Waals surface area (Å²) in [6.45, 7) is 8.16. The van der Waals surface area contributed by atoms with Crippen LogP contribution in [0.5, 0.6) is 0 Å². The van der Waals surface area contributed by atoms with E-state index in [9.17, 15) is 31.1 Å². The molecular formula is C21H29F6N3O2. The number of carbonyl (C=O) groups is 1. The zero-order chi connectivity index (χ0) is 24.1. The van der Waals surface area contributed by atoms with Gasteiger partial charge in [-0.05, 0) is 36.5 Å². The van der Waals surface area contributed by atoms with Gasteiger partial charge in [-0.2, -0.15) is 26.3 Å². The number of carbonyl (C=O) groups excluding carboxylic acids is 1. The molecule has 0 aliphatic carbocycles. The van der Waals surface area contributed by atoms with E-state index in [1.54, 1.807) is 0 Å². The number of amides is 1. The molecule has 1 heterocycles. The summed E-state index contributed by atoms with van der Waals surface area (Å²) in [4.78, 5) is 14.8. The lowest BCUT2D eigenvalue weighted by atomic mass is 10.1. The lowest BCUT2D eigenvalue weighted by Crippen LogP contribution is -2.52. The summed E-state index contributed by atoms with van der Waals surface area (Å²) in [6.07, 6.45) is -16.2. The first kappa shape index (κ1) is 26.1. The van der Waals surface area contributed by atoms with Crippen LogP contribution in [-0.4, -0.2) is 67.1 Å². The molecule has 0 spiro atoms. The van der Waals surface area contributed by atoms with Gasteiger partial charge in [0.15, 0.2) is 0 Å². The Kier molecular flexibility index (Phi) is 8.67. The standard InChI is InChI=1S/C21H29F6N3O2/c1-14(2)6-7-28-17-12-15(3)4-5-16(17)13-29-8-10-30(11-9-29)19(31)32-18(20(22,23)24)21(25,26)27/h4-5,12,14,18,28H,6-11,13H2,1-3H3. The molecule has 1 N–H and O–H groups in total. The van der Waals surface area contributed by atoms with Crippen LogP contribution < -0.4 is 5.32 Å². The van der Waals surface area contributed by atoms with E-state index >= 15 is 0 Å². The molecule has 1 aliphatic heterocycles. The highest BCUT2D eigenvalue weighted by Gasteiger charge is 2.60. The molecular weight excluding hydrogens is 440 g/mol. The van der Waals surface area contributed by atoms with Crippen molar-refractivity contribution >= 4 is 11.8 Å². The van der Waals surface area contributed by atoms with Crippen molar-refractivity contribution in [2.24, 2.45) is 5.92 Å². The zero-order valence-electron chi connectivity index (χ0n) is 18.3. The van der Waals surface area contributed by atoms with Crippen molar-refractivity contribution in [2.75, 3.05) is 38.0 Å². The van der Waals surface area contributed by atoms with Crippen LogP contribution in [0.25, 0.3) is 0 Å². The Hall–Kier alpha value is -2.17. The maximum absolute atomic E-state index is 12.6. The van der Waals surface area contributed by atoms with Crippen molar-refractivity contribution in [3.8, 4) is 0 Å². The van der Waals surface area contributed by atoms with Crippen LogP contribution >= 0.6 is 0 Å². The number of aryl methyl sites for hydroxylation is 1. The van der Waals surface area contributed by atoms with Crippen molar-refractivity contribution in [3.63, 3.8) is 0 Å². The first-order chi connectivity index (χ1) is 14.8. The number of ether oxygens (including phenoxy) is 1. The van der Waals surface area contributed by atoms with Gasteiger partial charge >= 0.3 is 18.4 Å². The maximum Gasteiger partial charge on any atom is 0.434 e. The van der Waals surface area contributed by atoms with Gasteiger partial charge in [-0.15, -0.1) is 0 Å². The number of halogens is 6. The number of rotatable bonds is 7. The molecule has 2 rings (SSSR count). The first-order valence-corrected chi connectivity index (χ1v) is 10.4. The van der Waals surface area contributed by atoms with Crippen LogP contribution in [0.15, 0.2) is 18.2 Å². The number of alkyl halides is 6. The van der Waals surface area contributed by atoms with E-state index < -0.39 is 24.5 Å². The first-order valence-electron chi connectivity index (χ1n) is 10.4. The van der Waals surface area contributed by atoms with Gasteiger partial charge in [-0.25, -0.2) is 4.79 Å². The molecule has 32 heavy (non-hydrogen) atoms. The number of anilines is 1. The number of nitrogens with one attached hydrogen (secondary N) is 1. The fourth-order valence-electron chi connectivity index (χ4n) is 3.31. The summed E-state index contributed by atoms with van der Waals surface area (Å²) in [7, 11) is 0. The molecule has 5 nitrogen and oxygen atoms in total. The molecule has 0 bridgehead atoms. The van der Waals surface area contributed by atoms with E-state index in [1.807, 2.05) is 30.0 Å². The van der Waals surface area contributed by atoms with Crippen LogP contribution in [0.1, 0.15) is 31.4 Å². The molecule has 0 unspecified atom stereocenters. The van der Waals surface area contributed by atoms with Gasteiger partial charge in [0.05, 0.1) is 0 Å². The third-order valence-electron chi connectivity index (χ3n) is 5.14. The Balaban J connectivity index is 1.94. The second-order valence-corrected chi connectivity index (χ2v) is 8.38. The highest BCUT2D eigenvalue weighted by Crippen LogP contribution is 2.36. The topological polar surface area (TPSA) is 44.8 Å². The molecule has 1 fully saturated rings. The molecule has 0 atom stereocenters. The normalized spacial score (nSPS) is 16.0. The molecule has 1 aromatic carbocycles. The van der Waals surface area contributed by atoms with Gasteiger partial charge in [0.2, 0.25) is 0 Å². The van der Waals surface area contributed by atoms with E-state index in [4.69, 9.17) is 0 Å². The van der Waals surface area contributed by atoms with Crippen molar-refractivity contribution in [3.05, 3.63) is 29.3 Å².